The topological polar surface area (TPSA) is 101 Å². The van der Waals surface area contributed by atoms with E-state index in [4.69, 9.17) is 9.47 Å². The highest BCUT2D eigenvalue weighted by atomic mass is 32.2. The number of guanidine groups is 1. The fraction of sp³-hybridized carbons (Fsp3) is 0.650. The number of methoxy groups -OCH3 is 1. The van der Waals surface area contributed by atoms with Crippen molar-refractivity contribution in [2.45, 2.75) is 45.3 Å². The van der Waals surface area contributed by atoms with Crippen LogP contribution in [0.1, 0.15) is 43.4 Å². The van der Waals surface area contributed by atoms with Crippen LogP contribution in [0.5, 0.6) is 5.75 Å². The molecular formula is C20H34N4O4S. The second kappa shape index (κ2) is 11.4. The Hall–Kier alpha value is -1.84. The number of benzene rings is 1. The van der Waals surface area contributed by atoms with Crippen LogP contribution in [0.2, 0.25) is 0 Å². The third-order valence-corrected chi connectivity index (χ3v) is 6.24. The van der Waals surface area contributed by atoms with Crippen molar-refractivity contribution in [3.63, 3.8) is 0 Å². The summed E-state index contributed by atoms with van der Waals surface area (Å²) < 4.78 is 38.1. The Kier molecular flexibility index (Phi) is 9.19. The first-order valence-corrected chi connectivity index (χ1v) is 11.7. The lowest BCUT2D eigenvalue weighted by Crippen LogP contribution is -2.43. The summed E-state index contributed by atoms with van der Waals surface area (Å²) in [4.78, 5) is 4.19. The van der Waals surface area contributed by atoms with Crippen LogP contribution >= 0.6 is 0 Å². The van der Waals surface area contributed by atoms with Crippen LogP contribution in [0, 0.1) is 6.92 Å². The van der Waals surface area contributed by atoms with Crippen molar-refractivity contribution in [3.05, 3.63) is 29.3 Å². The molecule has 1 fully saturated rings. The first-order valence-electron chi connectivity index (χ1n) is 10.1. The fourth-order valence-corrected chi connectivity index (χ4v) is 4.19. The van der Waals surface area contributed by atoms with Crippen molar-refractivity contribution in [3.8, 4) is 5.75 Å². The average Bonchev–Trinajstić information content (AvgIpc) is 2.72. The Balaban J connectivity index is 1.81. The molecule has 0 bridgehead atoms. The predicted molar refractivity (Wildman–Crippen MR) is 116 cm³/mol. The minimum absolute atomic E-state index is 0.0222. The smallest absolute Gasteiger partial charge is 0.213 e. The molecule has 2 atom stereocenters. The van der Waals surface area contributed by atoms with E-state index in [0.717, 1.165) is 36.1 Å². The van der Waals surface area contributed by atoms with E-state index in [1.807, 2.05) is 26.0 Å². The number of hydrogen-bond acceptors (Lipinski definition) is 5. The number of rotatable bonds is 9. The van der Waals surface area contributed by atoms with Crippen molar-refractivity contribution in [2.24, 2.45) is 4.99 Å². The van der Waals surface area contributed by atoms with Crippen molar-refractivity contribution < 1.29 is 17.9 Å². The molecular weight excluding hydrogens is 392 g/mol. The molecule has 0 aromatic heterocycles. The number of nitrogens with one attached hydrogen (secondary N) is 3. The summed E-state index contributed by atoms with van der Waals surface area (Å²) in [5.74, 6) is 1.29. The molecule has 1 heterocycles. The molecule has 3 N–H and O–H groups in total. The van der Waals surface area contributed by atoms with Crippen molar-refractivity contribution in [1.82, 2.24) is 15.4 Å². The van der Waals surface area contributed by atoms with E-state index < -0.39 is 10.0 Å². The van der Waals surface area contributed by atoms with Gasteiger partial charge in [-0.05, 0) is 39.2 Å². The molecule has 164 valence electrons. The molecule has 1 aliphatic rings. The van der Waals surface area contributed by atoms with Gasteiger partial charge in [-0.3, -0.25) is 4.99 Å². The molecule has 0 radical (unpaired) electrons. The molecule has 0 aliphatic carbocycles. The van der Waals surface area contributed by atoms with E-state index >= 15 is 0 Å². The van der Waals surface area contributed by atoms with Gasteiger partial charge in [0.25, 0.3) is 0 Å². The number of ether oxygens (including phenoxy) is 2. The van der Waals surface area contributed by atoms with Crippen LogP contribution in [-0.2, 0) is 14.8 Å². The first-order chi connectivity index (χ1) is 13.8. The molecule has 2 unspecified atom stereocenters. The van der Waals surface area contributed by atoms with Crippen molar-refractivity contribution >= 4 is 16.0 Å². The zero-order valence-electron chi connectivity index (χ0n) is 17.8. The Labute approximate surface area is 174 Å². The van der Waals surface area contributed by atoms with E-state index in [1.165, 1.54) is 0 Å². The van der Waals surface area contributed by atoms with Crippen LogP contribution in [0.25, 0.3) is 0 Å². The van der Waals surface area contributed by atoms with Crippen LogP contribution in [0.3, 0.4) is 0 Å². The standard InChI is InChI=1S/C20H34N4O4S/c1-15-8-9-19(27-4)18(13-15)16(2)24-20(21-3)22-10-12-29(25,26)23-14-17-7-5-6-11-28-17/h8-9,13,16-17,23H,5-7,10-12,14H2,1-4H3,(H2,21,22,24). The Morgan fingerprint density at radius 2 is 2.17 bits per heavy atom. The predicted octanol–water partition coefficient (Wildman–Crippen LogP) is 1.72. The van der Waals surface area contributed by atoms with E-state index in [9.17, 15) is 8.42 Å². The Morgan fingerprint density at radius 3 is 2.83 bits per heavy atom. The van der Waals surface area contributed by atoms with Crippen molar-refractivity contribution in [1.29, 1.82) is 0 Å². The van der Waals surface area contributed by atoms with Gasteiger partial charge in [-0.1, -0.05) is 17.7 Å². The van der Waals surface area contributed by atoms with Gasteiger partial charge in [-0.25, -0.2) is 13.1 Å². The number of aryl methyl sites for hydroxylation is 1. The van der Waals surface area contributed by atoms with Gasteiger partial charge < -0.3 is 20.1 Å². The Morgan fingerprint density at radius 1 is 1.38 bits per heavy atom. The van der Waals surface area contributed by atoms with E-state index in [2.05, 4.69) is 26.4 Å². The molecule has 29 heavy (non-hydrogen) atoms. The monoisotopic (exact) mass is 426 g/mol. The summed E-state index contributed by atoms with van der Waals surface area (Å²) in [6.07, 6.45) is 3.01. The second-order valence-electron chi connectivity index (χ2n) is 7.27. The summed E-state index contributed by atoms with van der Waals surface area (Å²) in [5, 5.41) is 6.34. The summed E-state index contributed by atoms with van der Waals surface area (Å²) >= 11 is 0. The van der Waals surface area contributed by atoms with Gasteiger partial charge in [-0.15, -0.1) is 0 Å². The van der Waals surface area contributed by atoms with Crippen LogP contribution < -0.4 is 20.1 Å². The number of nitrogens with zero attached hydrogens (tertiary/aromatic N) is 1. The highest BCUT2D eigenvalue weighted by molar-refractivity contribution is 7.89. The van der Waals surface area contributed by atoms with Gasteiger partial charge in [-0.2, -0.15) is 0 Å². The minimum Gasteiger partial charge on any atom is -0.496 e. The van der Waals surface area contributed by atoms with Gasteiger partial charge in [0.2, 0.25) is 10.0 Å². The van der Waals surface area contributed by atoms with Crippen LogP contribution in [-0.4, -0.2) is 60.1 Å². The van der Waals surface area contributed by atoms with Crippen molar-refractivity contribution in [2.75, 3.05) is 39.6 Å². The maximum absolute atomic E-state index is 12.2. The highest BCUT2D eigenvalue weighted by Gasteiger charge is 2.18. The number of sulfonamides is 1. The Bertz CT molecular complexity index is 777. The van der Waals surface area contributed by atoms with E-state index in [-0.39, 0.29) is 24.4 Å². The van der Waals surface area contributed by atoms with Gasteiger partial charge in [0, 0.05) is 32.3 Å². The molecule has 9 heteroatoms. The molecule has 1 aliphatic heterocycles. The summed E-state index contributed by atoms with van der Waals surface area (Å²) in [6.45, 7) is 5.32. The largest absolute Gasteiger partial charge is 0.496 e. The number of hydrogen-bond donors (Lipinski definition) is 3. The van der Waals surface area contributed by atoms with Gasteiger partial charge >= 0.3 is 0 Å². The summed E-state index contributed by atoms with van der Waals surface area (Å²) in [5.41, 5.74) is 2.15. The lowest BCUT2D eigenvalue weighted by molar-refractivity contribution is 0.0200. The maximum atomic E-state index is 12.2. The zero-order chi connectivity index (χ0) is 21.3. The van der Waals surface area contributed by atoms with Gasteiger partial charge in [0.1, 0.15) is 5.75 Å². The zero-order valence-corrected chi connectivity index (χ0v) is 18.6. The first kappa shape index (κ1) is 23.4. The highest BCUT2D eigenvalue weighted by Crippen LogP contribution is 2.25. The van der Waals surface area contributed by atoms with Crippen LogP contribution in [0.15, 0.2) is 23.2 Å². The average molecular weight is 427 g/mol. The van der Waals surface area contributed by atoms with Gasteiger partial charge in [0.05, 0.1) is 25.0 Å². The van der Waals surface area contributed by atoms with Gasteiger partial charge in [0.15, 0.2) is 5.96 Å². The summed E-state index contributed by atoms with van der Waals surface area (Å²) in [7, 11) is -0.0786. The minimum atomic E-state index is -3.38. The number of aliphatic imine (C=N–C) groups is 1. The third-order valence-electron chi connectivity index (χ3n) is 4.90. The molecule has 0 saturated carbocycles. The maximum Gasteiger partial charge on any atom is 0.213 e. The molecule has 1 aromatic carbocycles. The normalized spacial score (nSPS) is 18.9. The lowest BCUT2D eigenvalue weighted by atomic mass is 10.0. The van der Waals surface area contributed by atoms with E-state index in [1.54, 1.807) is 14.2 Å². The quantitative estimate of drug-likeness (QED) is 0.411. The fourth-order valence-electron chi connectivity index (χ4n) is 3.23. The molecule has 0 spiro atoms. The van der Waals surface area contributed by atoms with E-state index in [0.29, 0.717) is 19.1 Å². The third kappa shape index (κ3) is 7.83. The molecule has 8 nitrogen and oxygen atoms in total. The SMILES string of the molecule is CN=C(NCCS(=O)(=O)NCC1CCCCO1)NC(C)c1cc(C)ccc1OC. The lowest BCUT2D eigenvalue weighted by Gasteiger charge is -2.23. The molecule has 1 aromatic rings. The molecule has 0 amide bonds. The van der Waals surface area contributed by atoms with Crippen LogP contribution in [0.4, 0.5) is 0 Å². The summed E-state index contributed by atoms with van der Waals surface area (Å²) in [6, 6.07) is 5.94. The second-order valence-corrected chi connectivity index (χ2v) is 9.19. The molecule has 2 rings (SSSR count). The molecule has 1 saturated heterocycles.